The van der Waals surface area contributed by atoms with Gasteiger partial charge < -0.3 is 4.74 Å². The molecule has 6 heteroatoms. The van der Waals surface area contributed by atoms with Crippen LogP contribution in [0.3, 0.4) is 0 Å². The minimum absolute atomic E-state index is 0.0254. The highest BCUT2D eigenvalue weighted by molar-refractivity contribution is 6.30. The summed E-state index contributed by atoms with van der Waals surface area (Å²) in [5.74, 6) is -1.51. The first-order chi connectivity index (χ1) is 6.91. The highest BCUT2D eigenvalue weighted by Gasteiger charge is 2.44. The molecule has 0 N–H and O–H groups in total. The third-order valence-electron chi connectivity index (χ3n) is 1.46. The molecule has 0 amide bonds. The number of alkyl halides is 4. The molecule has 82 valence electrons. The normalized spacial score (nSPS) is 13.3. The molecule has 0 aromatic heterocycles. The van der Waals surface area contributed by atoms with Crippen LogP contribution in [-0.2, 0) is 4.79 Å². The zero-order valence-corrected chi connectivity index (χ0v) is 8.05. The number of hydrogen-bond donors (Lipinski definition) is 0. The first-order valence-electron chi connectivity index (χ1n) is 3.89. The predicted molar refractivity (Wildman–Crippen MR) is 47.8 cm³/mol. The number of ether oxygens (including phenoxy) is 1. The lowest BCUT2D eigenvalue weighted by Crippen LogP contribution is -2.34. The molecule has 0 fully saturated rings. The number of esters is 1. The van der Waals surface area contributed by atoms with Gasteiger partial charge >= 0.3 is 12.1 Å². The summed E-state index contributed by atoms with van der Waals surface area (Å²) >= 11 is 4.86. The van der Waals surface area contributed by atoms with E-state index in [2.05, 4.69) is 4.74 Å². The monoisotopic (exact) mass is 238 g/mol. The van der Waals surface area contributed by atoms with Crippen LogP contribution in [0.15, 0.2) is 30.3 Å². The van der Waals surface area contributed by atoms with Crippen molar-refractivity contribution >= 4 is 17.6 Å². The number of halogens is 4. The Morgan fingerprint density at radius 3 is 2.27 bits per heavy atom. The van der Waals surface area contributed by atoms with Gasteiger partial charge in [-0.2, -0.15) is 13.2 Å². The van der Waals surface area contributed by atoms with Gasteiger partial charge in [-0.05, 0) is 12.1 Å². The van der Waals surface area contributed by atoms with Crippen molar-refractivity contribution in [2.45, 2.75) is 11.6 Å². The van der Waals surface area contributed by atoms with Gasteiger partial charge in [0.25, 0.3) is 0 Å². The number of hydrogen-bond acceptors (Lipinski definition) is 2. The fourth-order valence-electron chi connectivity index (χ4n) is 0.790. The molecule has 1 aromatic rings. The summed E-state index contributed by atoms with van der Waals surface area (Å²) in [6, 6.07) is 7.41. The molecule has 15 heavy (non-hydrogen) atoms. The summed E-state index contributed by atoms with van der Waals surface area (Å²) in [5.41, 5.74) is 0. The number of carbonyl (C=O) groups is 1. The molecule has 0 bridgehead atoms. The van der Waals surface area contributed by atoms with Crippen molar-refractivity contribution in [2.75, 3.05) is 0 Å². The van der Waals surface area contributed by atoms with Gasteiger partial charge in [0.1, 0.15) is 5.75 Å². The van der Waals surface area contributed by atoms with Crippen LogP contribution in [0, 0.1) is 0 Å². The van der Waals surface area contributed by atoms with E-state index in [9.17, 15) is 18.0 Å². The number of para-hydroxylation sites is 1. The zero-order valence-electron chi connectivity index (χ0n) is 7.29. The Bertz CT molecular complexity index is 337. The van der Waals surface area contributed by atoms with E-state index in [4.69, 9.17) is 11.6 Å². The smallest absolute Gasteiger partial charge is 0.415 e. The van der Waals surface area contributed by atoms with E-state index in [1.807, 2.05) is 0 Å². The second-order valence-electron chi connectivity index (χ2n) is 2.64. The van der Waals surface area contributed by atoms with Crippen molar-refractivity contribution in [3.8, 4) is 5.75 Å². The maximum absolute atomic E-state index is 12.0. The minimum atomic E-state index is -4.80. The van der Waals surface area contributed by atoms with Gasteiger partial charge in [-0.25, -0.2) is 4.79 Å². The molecule has 0 saturated carbocycles. The Hall–Kier alpha value is -1.23. The van der Waals surface area contributed by atoms with Gasteiger partial charge in [0.2, 0.25) is 5.38 Å². The van der Waals surface area contributed by atoms with Crippen molar-refractivity contribution in [3.05, 3.63) is 30.3 Å². The Balaban J connectivity index is 2.65. The van der Waals surface area contributed by atoms with Crippen LogP contribution in [0.2, 0.25) is 0 Å². The molecule has 0 aliphatic heterocycles. The van der Waals surface area contributed by atoms with E-state index in [0.717, 1.165) is 0 Å². The highest BCUT2D eigenvalue weighted by Crippen LogP contribution is 2.26. The van der Waals surface area contributed by atoms with E-state index >= 15 is 0 Å². The van der Waals surface area contributed by atoms with Gasteiger partial charge in [-0.1, -0.05) is 18.2 Å². The Kier molecular flexibility index (Phi) is 3.57. The number of benzene rings is 1. The van der Waals surface area contributed by atoms with Crippen molar-refractivity contribution in [1.82, 2.24) is 0 Å². The molecular weight excluding hydrogens is 233 g/mol. The summed E-state index contributed by atoms with van der Waals surface area (Å²) in [7, 11) is 0. The van der Waals surface area contributed by atoms with Crippen LogP contribution in [0.4, 0.5) is 13.2 Å². The lowest BCUT2D eigenvalue weighted by molar-refractivity contribution is -0.161. The van der Waals surface area contributed by atoms with E-state index in [1.165, 1.54) is 24.3 Å². The van der Waals surface area contributed by atoms with Crippen molar-refractivity contribution in [3.63, 3.8) is 0 Å². The molecule has 0 aliphatic carbocycles. The fraction of sp³-hybridized carbons (Fsp3) is 0.222. The second-order valence-corrected chi connectivity index (χ2v) is 3.07. The largest absolute Gasteiger partial charge is 0.425 e. The first-order valence-corrected chi connectivity index (χ1v) is 4.32. The molecule has 0 spiro atoms. The van der Waals surface area contributed by atoms with E-state index in [1.54, 1.807) is 6.07 Å². The highest BCUT2D eigenvalue weighted by atomic mass is 35.5. The van der Waals surface area contributed by atoms with E-state index in [-0.39, 0.29) is 5.75 Å². The molecule has 1 aromatic carbocycles. The zero-order chi connectivity index (χ0) is 11.5. The third-order valence-corrected chi connectivity index (χ3v) is 1.88. The summed E-state index contributed by atoms with van der Waals surface area (Å²) in [4.78, 5) is 10.9. The third kappa shape index (κ3) is 3.43. The molecule has 1 unspecified atom stereocenters. The van der Waals surface area contributed by atoms with Gasteiger partial charge in [0.15, 0.2) is 0 Å². The molecule has 0 radical (unpaired) electrons. The molecular formula is C9H6ClF3O2. The van der Waals surface area contributed by atoms with E-state index < -0.39 is 17.5 Å². The van der Waals surface area contributed by atoms with Crippen LogP contribution in [0.1, 0.15) is 0 Å². The van der Waals surface area contributed by atoms with Crippen LogP contribution in [0.5, 0.6) is 5.75 Å². The SMILES string of the molecule is O=C(Oc1ccccc1)C(Cl)C(F)(F)F. The van der Waals surface area contributed by atoms with Crippen LogP contribution in [0.25, 0.3) is 0 Å². The van der Waals surface area contributed by atoms with Crippen molar-refractivity contribution < 1.29 is 22.7 Å². The number of rotatable bonds is 2. The van der Waals surface area contributed by atoms with Crippen LogP contribution >= 0.6 is 11.6 Å². The Morgan fingerprint density at radius 2 is 1.80 bits per heavy atom. The molecule has 0 saturated heterocycles. The quantitative estimate of drug-likeness (QED) is 0.450. The molecule has 1 atom stereocenters. The second kappa shape index (κ2) is 4.53. The lowest BCUT2D eigenvalue weighted by atomic mass is 10.3. The van der Waals surface area contributed by atoms with Crippen LogP contribution < -0.4 is 4.74 Å². The average molecular weight is 239 g/mol. The molecule has 1 rings (SSSR count). The average Bonchev–Trinajstić information content (AvgIpc) is 2.16. The summed E-state index contributed by atoms with van der Waals surface area (Å²) in [6.07, 6.45) is -4.80. The fourth-order valence-corrected chi connectivity index (χ4v) is 0.835. The standard InChI is InChI=1S/C9H6ClF3O2/c10-7(9(11,12)13)8(14)15-6-4-2-1-3-5-6/h1-5,7H. The summed E-state index contributed by atoms with van der Waals surface area (Å²) < 4.78 is 40.3. The summed E-state index contributed by atoms with van der Waals surface area (Å²) in [5, 5.41) is -2.64. The summed E-state index contributed by atoms with van der Waals surface area (Å²) in [6.45, 7) is 0. The Labute approximate surface area is 88.6 Å². The van der Waals surface area contributed by atoms with Gasteiger partial charge in [-0.15, -0.1) is 11.6 Å². The van der Waals surface area contributed by atoms with Crippen LogP contribution in [-0.4, -0.2) is 17.5 Å². The lowest BCUT2D eigenvalue weighted by Gasteiger charge is -2.12. The maximum Gasteiger partial charge on any atom is 0.415 e. The van der Waals surface area contributed by atoms with Gasteiger partial charge in [0, 0.05) is 0 Å². The van der Waals surface area contributed by atoms with E-state index in [0.29, 0.717) is 0 Å². The molecule has 2 nitrogen and oxygen atoms in total. The van der Waals surface area contributed by atoms with Gasteiger partial charge in [-0.3, -0.25) is 0 Å². The topological polar surface area (TPSA) is 26.3 Å². The Morgan fingerprint density at radius 1 is 1.27 bits per heavy atom. The molecule has 0 aliphatic rings. The van der Waals surface area contributed by atoms with Crippen molar-refractivity contribution in [1.29, 1.82) is 0 Å². The minimum Gasteiger partial charge on any atom is -0.425 e. The predicted octanol–water partition coefficient (Wildman–Crippen LogP) is 2.76. The number of carbonyl (C=O) groups excluding carboxylic acids is 1. The maximum atomic E-state index is 12.0. The first kappa shape index (κ1) is 11.8. The van der Waals surface area contributed by atoms with Crippen molar-refractivity contribution in [2.24, 2.45) is 0 Å². The van der Waals surface area contributed by atoms with Gasteiger partial charge in [0.05, 0.1) is 0 Å². The molecule has 0 heterocycles.